The molecular formula is C49H82N2O8S. The van der Waals surface area contributed by atoms with Crippen molar-refractivity contribution < 1.29 is 37.0 Å². The third kappa shape index (κ3) is 7.99. The fourth-order valence-corrected chi connectivity index (χ4v) is 17.0. The Kier molecular flexibility index (Phi) is 13.0. The maximum atomic E-state index is 13.5. The maximum absolute atomic E-state index is 13.5. The fourth-order valence-electron chi connectivity index (χ4n) is 15.7. The molecule has 1 aliphatic heterocycles. The molecule has 0 aromatic heterocycles. The van der Waals surface area contributed by atoms with Gasteiger partial charge in [-0.25, -0.2) is 13.2 Å². The molecule has 10 nitrogen and oxygen atoms in total. The van der Waals surface area contributed by atoms with E-state index in [-0.39, 0.29) is 74.8 Å². The van der Waals surface area contributed by atoms with Gasteiger partial charge < -0.3 is 24.3 Å². The molecule has 13 atom stereocenters. The van der Waals surface area contributed by atoms with Gasteiger partial charge in [0, 0.05) is 37.7 Å². The zero-order chi connectivity index (χ0) is 43.7. The van der Waals surface area contributed by atoms with Crippen molar-refractivity contribution in [2.75, 3.05) is 58.1 Å². The summed E-state index contributed by atoms with van der Waals surface area (Å²) in [6.07, 6.45) is 13.0. The van der Waals surface area contributed by atoms with Crippen molar-refractivity contribution in [1.29, 1.82) is 0 Å². The van der Waals surface area contributed by atoms with Crippen LogP contribution in [0.15, 0.2) is 12.2 Å². The van der Waals surface area contributed by atoms with E-state index < -0.39 is 21.9 Å². The van der Waals surface area contributed by atoms with Crippen LogP contribution in [0, 0.1) is 62.6 Å². The van der Waals surface area contributed by atoms with Crippen LogP contribution in [0.4, 0.5) is 0 Å². The molecular weight excluding hydrogens is 777 g/mol. The van der Waals surface area contributed by atoms with Crippen molar-refractivity contribution in [2.45, 2.75) is 163 Å². The van der Waals surface area contributed by atoms with E-state index in [4.69, 9.17) is 18.9 Å². The second-order valence-electron chi connectivity index (χ2n) is 23.1. The molecule has 0 bridgehead atoms. The molecule has 7 fully saturated rings. The molecule has 0 radical (unpaired) electrons. The first kappa shape index (κ1) is 46.5. The highest BCUT2D eigenvalue weighted by Crippen LogP contribution is 2.76. The number of allylic oxidation sites excluding steroid dienone is 1. The molecule has 6 aliphatic carbocycles. The van der Waals surface area contributed by atoms with Crippen LogP contribution in [0.1, 0.15) is 139 Å². The quantitative estimate of drug-likeness (QED) is 0.105. The van der Waals surface area contributed by atoms with Gasteiger partial charge in [0.1, 0.15) is 18.8 Å². The normalized spacial score (nSPS) is 42.5. The first-order valence-corrected chi connectivity index (χ1v) is 25.7. The number of nitrogens with one attached hydrogen (secondary N) is 1. The average molecular weight is 859 g/mol. The van der Waals surface area contributed by atoms with Crippen LogP contribution in [-0.4, -0.2) is 107 Å². The lowest BCUT2D eigenvalue weighted by molar-refractivity contribution is -0.248. The Hall–Kier alpha value is -1.53. The summed E-state index contributed by atoms with van der Waals surface area (Å²) in [4.78, 5) is 28.7. The highest BCUT2D eigenvalue weighted by Gasteiger charge is 2.71. The summed E-state index contributed by atoms with van der Waals surface area (Å²) in [6.45, 7) is 28.2. The van der Waals surface area contributed by atoms with E-state index in [0.29, 0.717) is 62.4 Å². The average Bonchev–Trinajstić information content (AvgIpc) is 3.55. The molecule has 1 N–H and O–H groups in total. The van der Waals surface area contributed by atoms with E-state index in [0.717, 1.165) is 44.9 Å². The minimum absolute atomic E-state index is 0.0226. The maximum Gasteiger partial charge on any atom is 0.332 e. The van der Waals surface area contributed by atoms with Crippen LogP contribution in [-0.2, 0) is 38.4 Å². The van der Waals surface area contributed by atoms with Crippen LogP contribution in [0.25, 0.3) is 0 Å². The molecule has 0 amide bonds. The number of methoxy groups -OCH3 is 1. The van der Waals surface area contributed by atoms with Gasteiger partial charge in [-0.2, -0.15) is 0 Å². The van der Waals surface area contributed by atoms with Crippen molar-refractivity contribution in [3.8, 4) is 0 Å². The van der Waals surface area contributed by atoms with Gasteiger partial charge in [0.2, 0.25) is 0 Å². The number of carbonyl (C=O) groups excluding carboxylic acids is 2. The van der Waals surface area contributed by atoms with Gasteiger partial charge >= 0.3 is 11.9 Å². The summed E-state index contributed by atoms with van der Waals surface area (Å²) < 4.78 is 48.2. The number of hydrogen-bond donors (Lipinski definition) is 1. The van der Waals surface area contributed by atoms with E-state index in [1.165, 1.54) is 37.7 Å². The summed E-state index contributed by atoms with van der Waals surface area (Å²) >= 11 is 0. The SMILES string of the molecule is C=C(C)[C@@H]1CC[C@]2(NC[C@H]([C@@H](C)OC(=O)COCCOC)N3CCS(=O)(=O)CC3)CC[C@]3(C)[C@H](CC[C@@H]4[C@@]5(C)CC[C@H](OC(=O)[C@H]6CCC6(C)C)C(C)(C)[C@@H]5CC[C@]43C)[C@@H]12. The van der Waals surface area contributed by atoms with Crippen molar-refractivity contribution in [3.63, 3.8) is 0 Å². The zero-order valence-electron chi connectivity index (χ0n) is 39.2. The number of ether oxygens (including phenoxy) is 4. The van der Waals surface area contributed by atoms with Gasteiger partial charge in [0.15, 0.2) is 9.84 Å². The van der Waals surface area contributed by atoms with Crippen LogP contribution in [0.2, 0.25) is 0 Å². The van der Waals surface area contributed by atoms with Crippen LogP contribution < -0.4 is 5.32 Å². The zero-order valence-corrected chi connectivity index (χ0v) is 40.0. The van der Waals surface area contributed by atoms with Crippen LogP contribution >= 0.6 is 0 Å². The van der Waals surface area contributed by atoms with Crippen molar-refractivity contribution >= 4 is 21.8 Å². The minimum Gasteiger partial charge on any atom is -0.462 e. The van der Waals surface area contributed by atoms with E-state index in [1.54, 1.807) is 7.11 Å². The standard InChI is InChI=1S/C49H82N2O8S/c1-32(2)34-14-21-49(50-30-37(51-24-28-60(54,55)29-25-51)33(3)58-41(52)31-57-27-26-56-11)23-22-47(9)35(42(34)49)12-13-39-46(8)19-17-40(59-43(53)36-15-18-44(36,4)5)45(6,7)38(46)16-20-48(39,47)10/h33-40,42,50H,1,12-31H2,2-11H3/t33-,34+,35-,36-,37-,38+,39-,40+,42-,46+,47-,48-,49+/m1/s1. The van der Waals surface area contributed by atoms with Crippen molar-refractivity contribution in [1.82, 2.24) is 10.2 Å². The molecule has 7 rings (SSSR count). The molecule has 342 valence electrons. The minimum atomic E-state index is -3.08. The van der Waals surface area contributed by atoms with Crippen LogP contribution in [0.5, 0.6) is 0 Å². The van der Waals surface area contributed by atoms with Gasteiger partial charge in [0.05, 0.1) is 36.7 Å². The topological polar surface area (TPSA) is 120 Å². The molecule has 60 heavy (non-hydrogen) atoms. The molecule has 1 saturated heterocycles. The number of esters is 2. The number of fused-ring (bicyclic) bond motifs is 7. The number of nitrogens with zero attached hydrogens (tertiary/aromatic N) is 1. The predicted octanol–water partition coefficient (Wildman–Crippen LogP) is 8.03. The molecule has 11 heteroatoms. The van der Waals surface area contributed by atoms with E-state index in [1.807, 2.05) is 6.92 Å². The fraction of sp³-hybridized carbons (Fsp3) is 0.918. The highest BCUT2D eigenvalue weighted by atomic mass is 32.2. The molecule has 1 heterocycles. The van der Waals surface area contributed by atoms with Crippen molar-refractivity contribution in [3.05, 3.63) is 12.2 Å². The third-order valence-electron chi connectivity index (χ3n) is 19.6. The lowest BCUT2D eigenvalue weighted by atomic mass is 9.32. The molecule has 0 unspecified atom stereocenters. The van der Waals surface area contributed by atoms with Gasteiger partial charge in [-0.3, -0.25) is 9.69 Å². The molecule has 0 aromatic carbocycles. The number of rotatable bonds is 14. The Morgan fingerprint density at radius 2 is 1.55 bits per heavy atom. The smallest absolute Gasteiger partial charge is 0.332 e. The van der Waals surface area contributed by atoms with E-state index in [9.17, 15) is 18.0 Å². The second kappa shape index (κ2) is 16.8. The Morgan fingerprint density at radius 3 is 2.18 bits per heavy atom. The molecule has 0 aromatic rings. The van der Waals surface area contributed by atoms with E-state index in [2.05, 4.69) is 72.2 Å². The number of carbonyl (C=O) groups is 2. The Morgan fingerprint density at radius 1 is 0.833 bits per heavy atom. The monoisotopic (exact) mass is 859 g/mol. The van der Waals surface area contributed by atoms with Gasteiger partial charge in [-0.05, 0) is 142 Å². The second-order valence-corrected chi connectivity index (χ2v) is 25.4. The summed E-state index contributed by atoms with van der Waals surface area (Å²) in [7, 11) is -1.48. The predicted molar refractivity (Wildman–Crippen MR) is 236 cm³/mol. The Labute approximate surface area is 363 Å². The molecule has 6 saturated carbocycles. The van der Waals surface area contributed by atoms with Gasteiger partial charge in [-0.15, -0.1) is 0 Å². The Bertz CT molecular complexity index is 1720. The van der Waals surface area contributed by atoms with Gasteiger partial charge in [0.25, 0.3) is 0 Å². The number of hydrogen-bond acceptors (Lipinski definition) is 10. The third-order valence-corrected chi connectivity index (χ3v) is 21.2. The number of sulfone groups is 1. The first-order chi connectivity index (χ1) is 28.1. The van der Waals surface area contributed by atoms with Gasteiger partial charge in [-0.1, -0.05) is 60.6 Å². The lowest BCUT2D eigenvalue weighted by Crippen LogP contribution is -2.69. The highest BCUT2D eigenvalue weighted by molar-refractivity contribution is 7.91. The molecule has 0 spiro atoms. The largest absolute Gasteiger partial charge is 0.462 e. The molecule has 7 aliphatic rings. The first-order valence-electron chi connectivity index (χ1n) is 23.9. The van der Waals surface area contributed by atoms with E-state index >= 15 is 0 Å². The van der Waals surface area contributed by atoms with Crippen LogP contribution in [0.3, 0.4) is 0 Å². The van der Waals surface area contributed by atoms with Crippen molar-refractivity contribution in [2.24, 2.45) is 62.6 Å². The lowest BCUT2D eigenvalue weighted by Gasteiger charge is -2.73. The summed E-state index contributed by atoms with van der Waals surface area (Å²) in [5, 5.41) is 4.24. The summed E-state index contributed by atoms with van der Waals surface area (Å²) in [6, 6.07) is -0.169. The summed E-state index contributed by atoms with van der Waals surface area (Å²) in [5.74, 6) is 2.48. The Balaban J connectivity index is 1.10. The summed E-state index contributed by atoms with van der Waals surface area (Å²) in [5.41, 5.74) is 1.77.